The minimum atomic E-state index is -0.231. The Kier molecular flexibility index (Phi) is 4.59. The van der Waals surface area contributed by atoms with Crippen molar-refractivity contribution in [2.45, 2.75) is 13.5 Å². The Labute approximate surface area is 136 Å². The molecular weight excluding hydrogens is 289 g/mol. The highest BCUT2D eigenvalue weighted by atomic mass is 19.1. The van der Waals surface area contributed by atoms with Gasteiger partial charge in [-0.15, -0.1) is 0 Å². The molecule has 23 heavy (non-hydrogen) atoms. The molecule has 3 nitrogen and oxygen atoms in total. The standard InChI is InChI=1S/C19H20FN3/c1-15-4-2-3-5-19(15)23-10-8-22(9-11-23)14-17-12-16(13-21)6-7-18(17)20/h2-7,12H,8-11,14H2,1H3. The maximum atomic E-state index is 13.9. The number of aryl methyl sites for hydroxylation is 1. The summed E-state index contributed by atoms with van der Waals surface area (Å²) in [6.07, 6.45) is 0. The van der Waals surface area contributed by atoms with Crippen LogP contribution in [0.2, 0.25) is 0 Å². The van der Waals surface area contributed by atoms with E-state index in [9.17, 15) is 4.39 Å². The van der Waals surface area contributed by atoms with E-state index in [0.717, 1.165) is 26.2 Å². The van der Waals surface area contributed by atoms with Gasteiger partial charge in [-0.3, -0.25) is 4.90 Å². The van der Waals surface area contributed by atoms with E-state index in [1.165, 1.54) is 23.4 Å². The van der Waals surface area contributed by atoms with Crippen molar-refractivity contribution in [3.63, 3.8) is 0 Å². The molecule has 1 aliphatic rings. The fourth-order valence-electron chi connectivity index (χ4n) is 3.07. The molecule has 1 aliphatic heterocycles. The van der Waals surface area contributed by atoms with Crippen LogP contribution in [0.1, 0.15) is 16.7 Å². The highest BCUT2D eigenvalue weighted by Crippen LogP contribution is 2.21. The summed E-state index contributed by atoms with van der Waals surface area (Å²) in [7, 11) is 0. The van der Waals surface area contributed by atoms with Crippen LogP contribution in [0.5, 0.6) is 0 Å². The Morgan fingerprint density at radius 1 is 1.09 bits per heavy atom. The first-order valence-electron chi connectivity index (χ1n) is 7.89. The average Bonchev–Trinajstić information content (AvgIpc) is 2.58. The van der Waals surface area contributed by atoms with E-state index >= 15 is 0 Å². The normalized spacial score (nSPS) is 15.4. The quantitative estimate of drug-likeness (QED) is 0.871. The number of hydrogen-bond acceptors (Lipinski definition) is 3. The third kappa shape index (κ3) is 3.52. The Morgan fingerprint density at radius 3 is 2.52 bits per heavy atom. The van der Waals surface area contributed by atoms with E-state index in [1.807, 2.05) is 0 Å². The van der Waals surface area contributed by atoms with Crippen LogP contribution >= 0.6 is 0 Å². The van der Waals surface area contributed by atoms with Gasteiger partial charge in [0.1, 0.15) is 5.82 Å². The van der Waals surface area contributed by atoms with Gasteiger partial charge in [-0.2, -0.15) is 5.26 Å². The molecule has 2 aromatic carbocycles. The van der Waals surface area contributed by atoms with Crippen LogP contribution in [0.15, 0.2) is 42.5 Å². The molecule has 3 rings (SSSR count). The summed E-state index contributed by atoms with van der Waals surface area (Å²) < 4.78 is 13.9. The van der Waals surface area contributed by atoms with E-state index in [2.05, 4.69) is 47.1 Å². The molecule has 1 heterocycles. The fraction of sp³-hybridized carbons (Fsp3) is 0.316. The van der Waals surface area contributed by atoms with Crippen LogP contribution in [0, 0.1) is 24.1 Å². The Balaban J connectivity index is 1.64. The minimum Gasteiger partial charge on any atom is -0.369 e. The SMILES string of the molecule is Cc1ccccc1N1CCN(Cc2cc(C#N)ccc2F)CC1. The highest BCUT2D eigenvalue weighted by molar-refractivity contribution is 5.53. The van der Waals surface area contributed by atoms with E-state index in [0.29, 0.717) is 17.7 Å². The molecule has 0 N–H and O–H groups in total. The van der Waals surface area contributed by atoms with Crippen molar-refractivity contribution in [3.05, 3.63) is 65.0 Å². The molecule has 0 unspecified atom stereocenters. The van der Waals surface area contributed by atoms with Crippen LogP contribution in [-0.2, 0) is 6.54 Å². The zero-order valence-corrected chi connectivity index (χ0v) is 13.3. The number of hydrogen-bond donors (Lipinski definition) is 0. The second-order valence-electron chi connectivity index (χ2n) is 5.97. The Bertz CT molecular complexity index is 728. The van der Waals surface area contributed by atoms with Gasteiger partial charge in [0.05, 0.1) is 11.6 Å². The summed E-state index contributed by atoms with van der Waals surface area (Å²) in [5, 5.41) is 8.95. The predicted molar refractivity (Wildman–Crippen MR) is 89.8 cm³/mol. The first kappa shape index (κ1) is 15.5. The summed E-state index contributed by atoms with van der Waals surface area (Å²) in [6, 6.07) is 15.0. The van der Waals surface area contributed by atoms with E-state index in [4.69, 9.17) is 5.26 Å². The van der Waals surface area contributed by atoms with Gasteiger partial charge in [-0.1, -0.05) is 18.2 Å². The molecule has 0 radical (unpaired) electrons. The largest absolute Gasteiger partial charge is 0.369 e. The van der Waals surface area contributed by atoms with Crippen LogP contribution in [0.4, 0.5) is 10.1 Å². The summed E-state index contributed by atoms with van der Waals surface area (Å²) in [5.41, 5.74) is 3.69. The number of nitriles is 1. The lowest BCUT2D eigenvalue weighted by Crippen LogP contribution is -2.46. The van der Waals surface area contributed by atoms with Crippen molar-refractivity contribution in [1.29, 1.82) is 5.26 Å². The molecule has 1 saturated heterocycles. The maximum absolute atomic E-state index is 13.9. The maximum Gasteiger partial charge on any atom is 0.127 e. The van der Waals surface area contributed by atoms with Crippen molar-refractivity contribution >= 4 is 5.69 Å². The number of anilines is 1. The average molecular weight is 309 g/mol. The third-order valence-corrected chi connectivity index (χ3v) is 4.40. The number of benzene rings is 2. The lowest BCUT2D eigenvalue weighted by molar-refractivity contribution is 0.246. The number of nitrogens with zero attached hydrogens (tertiary/aromatic N) is 3. The van der Waals surface area contributed by atoms with Crippen molar-refractivity contribution in [2.24, 2.45) is 0 Å². The lowest BCUT2D eigenvalue weighted by Gasteiger charge is -2.36. The predicted octanol–water partition coefficient (Wildman–Crippen LogP) is 3.33. The molecule has 0 atom stereocenters. The summed E-state index contributed by atoms with van der Waals surface area (Å²) in [5.74, 6) is -0.231. The van der Waals surface area contributed by atoms with Gasteiger partial charge in [-0.25, -0.2) is 4.39 Å². The molecule has 0 aliphatic carbocycles. The van der Waals surface area contributed by atoms with Gasteiger partial charge in [0.15, 0.2) is 0 Å². The van der Waals surface area contributed by atoms with Crippen molar-refractivity contribution in [3.8, 4) is 6.07 Å². The molecular formula is C19H20FN3. The first-order chi connectivity index (χ1) is 11.2. The van der Waals surface area contributed by atoms with Gasteiger partial charge in [0.25, 0.3) is 0 Å². The third-order valence-electron chi connectivity index (χ3n) is 4.40. The molecule has 0 amide bonds. The highest BCUT2D eigenvalue weighted by Gasteiger charge is 2.19. The molecule has 1 fully saturated rings. The van der Waals surface area contributed by atoms with Crippen LogP contribution in [0.25, 0.3) is 0 Å². The summed E-state index contributed by atoms with van der Waals surface area (Å²) in [4.78, 5) is 4.63. The van der Waals surface area contributed by atoms with Gasteiger partial charge in [0.2, 0.25) is 0 Å². The van der Waals surface area contributed by atoms with Gasteiger partial charge in [-0.05, 0) is 36.8 Å². The Hall–Kier alpha value is -2.38. The molecule has 0 bridgehead atoms. The summed E-state index contributed by atoms with van der Waals surface area (Å²) in [6.45, 7) is 6.34. The minimum absolute atomic E-state index is 0.231. The molecule has 4 heteroatoms. The monoisotopic (exact) mass is 309 g/mol. The second-order valence-corrected chi connectivity index (χ2v) is 5.97. The van der Waals surface area contributed by atoms with Crippen LogP contribution in [0.3, 0.4) is 0 Å². The van der Waals surface area contributed by atoms with E-state index in [-0.39, 0.29) is 5.82 Å². The topological polar surface area (TPSA) is 30.3 Å². The first-order valence-corrected chi connectivity index (χ1v) is 7.89. The van der Waals surface area contributed by atoms with Gasteiger partial charge >= 0.3 is 0 Å². The van der Waals surface area contributed by atoms with Gasteiger partial charge in [0, 0.05) is 44.0 Å². The van der Waals surface area contributed by atoms with E-state index in [1.54, 1.807) is 6.07 Å². The number of para-hydroxylation sites is 1. The van der Waals surface area contributed by atoms with Crippen LogP contribution < -0.4 is 4.90 Å². The Morgan fingerprint density at radius 2 is 1.83 bits per heavy atom. The second kappa shape index (κ2) is 6.80. The summed E-state index contributed by atoms with van der Waals surface area (Å²) >= 11 is 0. The van der Waals surface area contributed by atoms with Crippen molar-refractivity contribution in [2.75, 3.05) is 31.1 Å². The molecule has 0 spiro atoms. The molecule has 2 aromatic rings. The lowest BCUT2D eigenvalue weighted by atomic mass is 10.1. The smallest absolute Gasteiger partial charge is 0.127 e. The zero-order valence-electron chi connectivity index (χ0n) is 13.3. The van der Waals surface area contributed by atoms with Crippen molar-refractivity contribution < 1.29 is 4.39 Å². The molecule has 0 aromatic heterocycles. The van der Waals surface area contributed by atoms with Crippen LogP contribution in [-0.4, -0.2) is 31.1 Å². The number of halogens is 1. The van der Waals surface area contributed by atoms with Gasteiger partial charge < -0.3 is 4.90 Å². The number of rotatable bonds is 3. The molecule has 0 saturated carbocycles. The fourth-order valence-corrected chi connectivity index (χ4v) is 3.07. The zero-order chi connectivity index (χ0) is 16.2. The van der Waals surface area contributed by atoms with Crippen molar-refractivity contribution in [1.82, 2.24) is 4.90 Å². The number of piperazine rings is 1. The van der Waals surface area contributed by atoms with E-state index < -0.39 is 0 Å². The molecule has 118 valence electrons.